The average molecular weight is 581 g/mol. The number of carboxylic acids is 2. The number of hydrogen-bond donors (Lipinski definition) is 3. The Balaban J connectivity index is 0.000000426. The van der Waals surface area contributed by atoms with Gasteiger partial charge in [-0.15, -0.1) is 5.10 Å². The van der Waals surface area contributed by atoms with Crippen molar-refractivity contribution >= 4 is 29.6 Å². The third-order valence-electron chi connectivity index (χ3n) is 5.32. The van der Waals surface area contributed by atoms with Gasteiger partial charge in [-0.25, -0.2) is 9.59 Å². The lowest BCUT2D eigenvalue weighted by Crippen LogP contribution is -2.46. The topological polar surface area (TPSA) is 155 Å². The van der Waals surface area contributed by atoms with Crippen LogP contribution in [0.3, 0.4) is 0 Å². The molecule has 38 heavy (non-hydrogen) atoms. The average Bonchev–Trinajstić information content (AvgIpc) is 3.25. The number of amides is 1. The molecule has 3 rings (SSSR count). The van der Waals surface area contributed by atoms with Crippen LogP contribution in [0.15, 0.2) is 6.20 Å². The molecule has 18 heteroatoms. The van der Waals surface area contributed by atoms with Gasteiger partial charge < -0.3 is 20.8 Å². The number of hydrogen-bond acceptors (Lipinski definition) is 8. The zero-order chi connectivity index (χ0) is 29.1. The summed E-state index contributed by atoms with van der Waals surface area (Å²) in [6, 6.07) is -0.396. The van der Waals surface area contributed by atoms with E-state index in [1.54, 1.807) is 6.92 Å². The Morgan fingerprint density at radius 1 is 1.03 bits per heavy atom. The first kappa shape index (κ1) is 33.4. The number of halogens is 6. The molecular formula is C20H30F6N6O5S. The molecular weight excluding hydrogens is 550 g/mol. The Hall–Kier alpha value is -2.60. The summed E-state index contributed by atoms with van der Waals surface area (Å²) < 4.78 is 65.4. The molecule has 218 valence electrons. The summed E-state index contributed by atoms with van der Waals surface area (Å²) >= 11 is 2.02. The fourth-order valence-electron chi connectivity index (χ4n) is 3.38. The van der Waals surface area contributed by atoms with Gasteiger partial charge in [0.2, 0.25) is 5.91 Å². The van der Waals surface area contributed by atoms with Crippen LogP contribution >= 0.6 is 11.8 Å². The number of carbonyl (C=O) groups is 3. The minimum Gasteiger partial charge on any atom is -0.475 e. The van der Waals surface area contributed by atoms with Crippen molar-refractivity contribution in [2.45, 2.75) is 51.2 Å². The van der Waals surface area contributed by atoms with Crippen LogP contribution < -0.4 is 5.73 Å². The molecule has 1 aromatic heterocycles. The predicted molar refractivity (Wildman–Crippen MR) is 123 cm³/mol. The van der Waals surface area contributed by atoms with Crippen molar-refractivity contribution in [2.75, 3.05) is 37.7 Å². The van der Waals surface area contributed by atoms with Crippen LogP contribution in [0.2, 0.25) is 0 Å². The van der Waals surface area contributed by atoms with Gasteiger partial charge in [0.25, 0.3) is 0 Å². The van der Waals surface area contributed by atoms with Gasteiger partial charge in [-0.2, -0.15) is 38.1 Å². The molecule has 0 saturated carbocycles. The van der Waals surface area contributed by atoms with E-state index in [4.69, 9.17) is 25.5 Å². The Kier molecular flexibility index (Phi) is 13.3. The van der Waals surface area contributed by atoms with Gasteiger partial charge in [0.05, 0.1) is 11.7 Å². The highest BCUT2D eigenvalue weighted by Gasteiger charge is 2.38. The minimum absolute atomic E-state index is 0.0659. The van der Waals surface area contributed by atoms with Crippen molar-refractivity contribution in [2.24, 2.45) is 11.7 Å². The van der Waals surface area contributed by atoms with Gasteiger partial charge in [-0.05, 0) is 25.7 Å². The van der Waals surface area contributed by atoms with Crippen molar-refractivity contribution in [1.82, 2.24) is 24.8 Å². The number of carboxylic acid groups (broad SMARTS) is 2. The van der Waals surface area contributed by atoms with Gasteiger partial charge in [0.15, 0.2) is 0 Å². The van der Waals surface area contributed by atoms with E-state index in [0.29, 0.717) is 5.92 Å². The van der Waals surface area contributed by atoms with E-state index in [9.17, 15) is 31.1 Å². The Morgan fingerprint density at radius 2 is 1.50 bits per heavy atom. The number of aromatic nitrogens is 3. The zero-order valence-electron chi connectivity index (χ0n) is 20.4. The zero-order valence-corrected chi connectivity index (χ0v) is 21.2. The van der Waals surface area contributed by atoms with E-state index in [1.165, 1.54) is 11.5 Å². The van der Waals surface area contributed by atoms with Crippen molar-refractivity contribution < 1.29 is 50.9 Å². The number of piperidine rings is 1. The van der Waals surface area contributed by atoms with Gasteiger partial charge in [-0.3, -0.25) is 14.4 Å². The van der Waals surface area contributed by atoms with E-state index in [-0.39, 0.29) is 5.91 Å². The van der Waals surface area contributed by atoms with Crippen LogP contribution in [-0.2, 0) is 27.5 Å². The summed E-state index contributed by atoms with van der Waals surface area (Å²) in [5, 5.41) is 22.9. The first-order valence-corrected chi connectivity index (χ1v) is 12.5. The highest BCUT2D eigenvalue weighted by molar-refractivity contribution is 7.99. The number of nitrogens with two attached hydrogens (primary N) is 1. The maximum Gasteiger partial charge on any atom is 0.490 e. The maximum absolute atomic E-state index is 11.9. The molecule has 4 N–H and O–H groups in total. The van der Waals surface area contributed by atoms with Gasteiger partial charge in [0.1, 0.15) is 0 Å². The number of rotatable bonds is 5. The molecule has 11 nitrogen and oxygen atoms in total. The van der Waals surface area contributed by atoms with Gasteiger partial charge in [0, 0.05) is 57.0 Å². The normalized spacial score (nSPS) is 17.9. The Labute approximate surface area is 218 Å². The molecule has 2 fully saturated rings. The fraction of sp³-hybridized carbons (Fsp3) is 0.750. The smallest absolute Gasteiger partial charge is 0.475 e. The van der Waals surface area contributed by atoms with Crippen LogP contribution in [0.5, 0.6) is 0 Å². The quantitative estimate of drug-likeness (QED) is 0.438. The van der Waals surface area contributed by atoms with Crippen molar-refractivity contribution in [3.8, 4) is 0 Å². The second kappa shape index (κ2) is 15.1. The monoisotopic (exact) mass is 580 g/mol. The number of thioether (sulfide) groups is 1. The summed E-state index contributed by atoms with van der Waals surface area (Å²) in [6.45, 7) is 7.45. The molecule has 1 atom stereocenters. The first-order valence-electron chi connectivity index (χ1n) is 11.3. The molecule has 0 spiro atoms. The SMILES string of the molecule is CC(N)C(=O)N1CCC(Cn2cc(CN3CCSCC3)nn2)CC1.O=C(O)C(F)(F)F.O=C(O)C(F)(F)F. The highest BCUT2D eigenvalue weighted by atomic mass is 32.2. The lowest BCUT2D eigenvalue weighted by molar-refractivity contribution is -0.193. The lowest BCUT2D eigenvalue weighted by Gasteiger charge is -2.32. The molecule has 0 aromatic carbocycles. The summed E-state index contributed by atoms with van der Waals surface area (Å²) in [5.74, 6) is -2.46. The number of carbonyl (C=O) groups excluding carboxylic acids is 1. The molecule has 3 heterocycles. The number of aliphatic carboxylic acids is 2. The number of alkyl halides is 6. The molecule has 0 bridgehead atoms. The van der Waals surface area contributed by atoms with E-state index < -0.39 is 30.3 Å². The number of nitrogens with zero attached hydrogens (tertiary/aromatic N) is 5. The molecule has 1 amide bonds. The van der Waals surface area contributed by atoms with Crippen LogP contribution in [0.25, 0.3) is 0 Å². The predicted octanol–water partition coefficient (Wildman–Crippen LogP) is 1.68. The van der Waals surface area contributed by atoms with E-state index >= 15 is 0 Å². The second-order valence-electron chi connectivity index (χ2n) is 8.48. The standard InChI is InChI=1S/C16H28N6OS.2C2HF3O2/c1-13(17)16(23)21-4-2-14(3-5-21)10-22-12-15(18-19-22)11-20-6-8-24-9-7-20;2*3-2(4,5)1(6)7/h12-14H,2-11,17H2,1H3;2*(H,6,7). The van der Waals surface area contributed by atoms with Gasteiger partial charge in [-0.1, -0.05) is 5.21 Å². The summed E-state index contributed by atoms with van der Waals surface area (Å²) in [6.07, 6.45) is -6.06. The molecule has 2 saturated heterocycles. The highest BCUT2D eigenvalue weighted by Crippen LogP contribution is 2.20. The third-order valence-corrected chi connectivity index (χ3v) is 6.26. The summed E-state index contributed by atoms with van der Waals surface area (Å²) in [4.78, 5) is 34.1. The van der Waals surface area contributed by atoms with E-state index in [0.717, 1.165) is 57.8 Å². The summed E-state index contributed by atoms with van der Waals surface area (Å²) in [7, 11) is 0. The third kappa shape index (κ3) is 12.8. The van der Waals surface area contributed by atoms with Crippen LogP contribution in [0, 0.1) is 5.92 Å². The fourth-order valence-corrected chi connectivity index (χ4v) is 4.36. The Morgan fingerprint density at radius 3 is 1.92 bits per heavy atom. The van der Waals surface area contributed by atoms with E-state index in [1.807, 2.05) is 21.3 Å². The summed E-state index contributed by atoms with van der Waals surface area (Å²) in [5.41, 5.74) is 6.75. The van der Waals surface area contributed by atoms with Gasteiger partial charge >= 0.3 is 24.3 Å². The van der Waals surface area contributed by atoms with Crippen molar-refractivity contribution in [3.05, 3.63) is 11.9 Å². The molecule has 0 radical (unpaired) electrons. The van der Waals surface area contributed by atoms with Crippen LogP contribution in [0.4, 0.5) is 26.3 Å². The van der Waals surface area contributed by atoms with Crippen LogP contribution in [-0.4, -0.2) is 109 Å². The van der Waals surface area contributed by atoms with Crippen molar-refractivity contribution in [3.63, 3.8) is 0 Å². The molecule has 2 aliphatic heterocycles. The Bertz CT molecular complexity index is 876. The molecule has 0 aliphatic carbocycles. The largest absolute Gasteiger partial charge is 0.490 e. The molecule has 1 unspecified atom stereocenters. The molecule has 1 aromatic rings. The maximum atomic E-state index is 11.9. The molecule has 2 aliphatic rings. The first-order chi connectivity index (χ1) is 17.5. The van der Waals surface area contributed by atoms with Crippen molar-refractivity contribution in [1.29, 1.82) is 0 Å². The minimum atomic E-state index is -5.08. The second-order valence-corrected chi connectivity index (χ2v) is 9.71. The van der Waals surface area contributed by atoms with E-state index in [2.05, 4.69) is 21.4 Å². The lowest BCUT2D eigenvalue weighted by atomic mass is 9.96. The van der Waals surface area contributed by atoms with Crippen LogP contribution in [0.1, 0.15) is 25.5 Å². The number of likely N-dealkylation sites (tertiary alicyclic amines) is 1.